The molecule has 0 saturated carbocycles. The topological polar surface area (TPSA) is 153 Å². The number of benzene rings is 2. The largest absolute Gasteiger partial charge is 0.370 e. The van der Waals surface area contributed by atoms with Gasteiger partial charge < -0.3 is 27.5 Å². The maximum Gasteiger partial charge on any atom is 0.354 e. The fourth-order valence-corrected chi connectivity index (χ4v) is 5.33. The summed E-state index contributed by atoms with van der Waals surface area (Å²) in [5.74, 6) is 0.719. The number of aromatic amines is 1. The zero-order valence-electron chi connectivity index (χ0n) is 30.8. The van der Waals surface area contributed by atoms with Gasteiger partial charge >= 0.3 is 5.69 Å². The second-order valence-electron chi connectivity index (χ2n) is 15.2. The molecule has 8 N–H and O–H groups in total. The van der Waals surface area contributed by atoms with E-state index >= 15 is 0 Å². The first-order valence-electron chi connectivity index (χ1n) is 17.4. The van der Waals surface area contributed by atoms with Crippen LogP contribution in [0.2, 0.25) is 0 Å². The van der Waals surface area contributed by atoms with Gasteiger partial charge in [-0.15, -0.1) is 0 Å². The molecule has 4 rings (SSSR count). The second kappa shape index (κ2) is 16.9. The van der Waals surface area contributed by atoms with Crippen LogP contribution in [0.25, 0.3) is 16.7 Å². The molecule has 0 saturated heterocycles. The lowest BCUT2D eigenvalue weighted by Gasteiger charge is -2.22. The Hall–Kier alpha value is -3.95. The SMILES string of the molecule is CC(C)c1cc(CCCCN)cc(C(C)(C)C)c1.C[C@H](NCCCN=C(N)N)c1ccc(-n2cc3cc(C(C)(C)C)[nH]c3nc2=O)cc1. The fraction of sp³-hybridized carbons (Fsp3) is 0.513. The van der Waals surface area contributed by atoms with Crippen molar-refractivity contribution >= 4 is 17.0 Å². The molecule has 0 unspecified atom stereocenters. The highest BCUT2D eigenvalue weighted by Gasteiger charge is 2.18. The molecule has 0 radical (unpaired) electrons. The van der Waals surface area contributed by atoms with Crippen molar-refractivity contribution < 1.29 is 0 Å². The maximum absolute atomic E-state index is 12.6. The van der Waals surface area contributed by atoms with Crippen LogP contribution in [-0.4, -0.2) is 40.1 Å². The molecule has 0 spiro atoms. The second-order valence-corrected chi connectivity index (χ2v) is 15.2. The highest BCUT2D eigenvalue weighted by Crippen LogP contribution is 2.28. The number of H-pyrrole nitrogens is 1. The number of guanidine groups is 1. The van der Waals surface area contributed by atoms with Gasteiger partial charge in [-0.2, -0.15) is 4.98 Å². The first kappa shape index (κ1) is 38.5. The van der Waals surface area contributed by atoms with E-state index < -0.39 is 0 Å². The third-order valence-electron chi connectivity index (χ3n) is 8.53. The Balaban J connectivity index is 0.000000297. The van der Waals surface area contributed by atoms with Crippen molar-refractivity contribution in [2.45, 2.75) is 111 Å². The number of aryl methyl sites for hydroxylation is 1. The van der Waals surface area contributed by atoms with Gasteiger partial charge in [-0.05, 0) is 97.5 Å². The summed E-state index contributed by atoms with van der Waals surface area (Å²) in [6, 6.07) is 17.3. The summed E-state index contributed by atoms with van der Waals surface area (Å²) in [7, 11) is 0. The van der Waals surface area contributed by atoms with Gasteiger partial charge in [0.25, 0.3) is 0 Å². The third-order valence-corrected chi connectivity index (χ3v) is 8.53. The Morgan fingerprint density at radius 1 is 0.917 bits per heavy atom. The molecule has 4 aromatic rings. The van der Waals surface area contributed by atoms with Gasteiger partial charge in [-0.25, -0.2) is 4.79 Å². The lowest BCUT2D eigenvalue weighted by molar-refractivity contribution is 0.562. The van der Waals surface area contributed by atoms with Crippen LogP contribution in [0.5, 0.6) is 0 Å². The summed E-state index contributed by atoms with van der Waals surface area (Å²) >= 11 is 0. The van der Waals surface area contributed by atoms with Gasteiger partial charge in [-0.3, -0.25) is 9.56 Å². The highest BCUT2D eigenvalue weighted by molar-refractivity contribution is 5.76. The van der Waals surface area contributed by atoms with Crippen LogP contribution >= 0.6 is 0 Å². The molecule has 262 valence electrons. The summed E-state index contributed by atoms with van der Waals surface area (Å²) in [6.07, 6.45) is 6.17. The van der Waals surface area contributed by atoms with Crippen LogP contribution in [-0.2, 0) is 17.3 Å². The summed E-state index contributed by atoms with van der Waals surface area (Å²) in [5.41, 5.74) is 24.1. The standard InChI is InChI=1S/C22H31N7O.C17H29N/c1-14(25-10-5-11-26-20(23)24)15-6-8-17(9-7-15)29-13-16-12-18(22(2,3)4)27-19(16)28-21(29)30;1-13(2)15-10-14(8-6-7-9-18)11-16(12-15)17(3,4)5/h6-9,12-14,25H,5,10-11H2,1-4H3,(H4,23,24,26)(H,27,28,30);10-13H,6-9,18H2,1-5H3/t14-;/m0./s1. The van der Waals surface area contributed by atoms with Crippen LogP contribution in [0.4, 0.5) is 0 Å². The van der Waals surface area contributed by atoms with E-state index in [1.807, 2.05) is 30.5 Å². The smallest absolute Gasteiger partial charge is 0.354 e. The Bertz CT molecular complexity index is 1680. The van der Waals surface area contributed by atoms with Gasteiger partial charge in [-0.1, -0.05) is 85.7 Å². The first-order valence-corrected chi connectivity index (χ1v) is 17.4. The molecule has 0 aliphatic rings. The van der Waals surface area contributed by atoms with Crippen molar-refractivity contribution in [3.8, 4) is 5.69 Å². The Morgan fingerprint density at radius 3 is 2.19 bits per heavy atom. The molecule has 0 amide bonds. The van der Waals surface area contributed by atoms with Crippen molar-refractivity contribution in [2.75, 3.05) is 19.6 Å². The van der Waals surface area contributed by atoms with Gasteiger partial charge in [0.1, 0.15) is 5.65 Å². The minimum atomic E-state index is -0.302. The van der Waals surface area contributed by atoms with Gasteiger partial charge in [0.2, 0.25) is 0 Å². The van der Waals surface area contributed by atoms with Crippen LogP contribution in [0.15, 0.2) is 64.5 Å². The average molecular weight is 657 g/mol. The van der Waals surface area contributed by atoms with E-state index in [1.54, 1.807) is 4.57 Å². The van der Waals surface area contributed by atoms with E-state index in [9.17, 15) is 4.79 Å². The lowest BCUT2D eigenvalue weighted by atomic mass is 9.83. The van der Waals surface area contributed by atoms with Gasteiger partial charge in [0, 0.05) is 35.3 Å². The Kier molecular flexibility index (Phi) is 13.6. The van der Waals surface area contributed by atoms with Crippen LogP contribution in [0, 0.1) is 0 Å². The molecular weight excluding hydrogens is 596 g/mol. The van der Waals surface area contributed by atoms with Crippen molar-refractivity contribution in [3.05, 3.63) is 93.2 Å². The average Bonchev–Trinajstić information content (AvgIpc) is 3.44. The molecule has 9 heteroatoms. The van der Waals surface area contributed by atoms with E-state index in [1.165, 1.54) is 23.1 Å². The fourth-order valence-electron chi connectivity index (χ4n) is 5.33. The van der Waals surface area contributed by atoms with E-state index in [4.69, 9.17) is 17.2 Å². The Labute approximate surface area is 287 Å². The number of nitrogens with zero attached hydrogens (tertiary/aromatic N) is 3. The lowest BCUT2D eigenvalue weighted by Crippen LogP contribution is -2.24. The minimum absolute atomic E-state index is 0.0390. The van der Waals surface area contributed by atoms with E-state index in [0.29, 0.717) is 18.1 Å². The number of nitrogens with one attached hydrogen (secondary N) is 2. The molecular formula is C39H60N8O. The predicted octanol–water partition coefficient (Wildman–Crippen LogP) is 6.71. The normalized spacial score (nSPS) is 12.6. The van der Waals surface area contributed by atoms with Gasteiger partial charge in [0.15, 0.2) is 5.96 Å². The molecule has 9 nitrogen and oxygen atoms in total. The van der Waals surface area contributed by atoms with Crippen molar-refractivity contribution in [1.82, 2.24) is 19.9 Å². The van der Waals surface area contributed by atoms with Crippen molar-refractivity contribution in [3.63, 3.8) is 0 Å². The predicted molar refractivity (Wildman–Crippen MR) is 203 cm³/mol. The highest BCUT2D eigenvalue weighted by atomic mass is 16.1. The van der Waals surface area contributed by atoms with Crippen LogP contribution in [0.3, 0.4) is 0 Å². The van der Waals surface area contributed by atoms with Crippen molar-refractivity contribution in [2.24, 2.45) is 22.2 Å². The van der Waals surface area contributed by atoms with Gasteiger partial charge in [0.05, 0.1) is 5.69 Å². The molecule has 2 aromatic carbocycles. The van der Waals surface area contributed by atoms with E-state index in [0.717, 1.165) is 54.7 Å². The number of aliphatic imine (C=N–C) groups is 1. The molecule has 48 heavy (non-hydrogen) atoms. The third kappa shape index (κ3) is 11.3. The molecule has 0 aliphatic heterocycles. The molecule has 0 fully saturated rings. The molecule has 2 aromatic heterocycles. The Morgan fingerprint density at radius 2 is 1.60 bits per heavy atom. The molecule has 0 bridgehead atoms. The van der Waals surface area contributed by atoms with E-state index in [2.05, 4.69) is 107 Å². The van der Waals surface area contributed by atoms with E-state index in [-0.39, 0.29) is 28.5 Å². The quantitative estimate of drug-likeness (QED) is 0.0649. The monoisotopic (exact) mass is 656 g/mol. The van der Waals surface area contributed by atoms with Crippen LogP contribution < -0.4 is 28.2 Å². The zero-order chi connectivity index (χ0) is 35.6. The number of rotatable bonds is 12. The summed E-state index contributed by atoms with van der Waals surface area (Å²) < 4.78 is 1.58. The van der Waals surface area contributed by atoms with Crippen LogP contribution in [0.1, 0.15) is 121 Å². The number of nitrogens with two attached hydrogens (primary N) is 3. The number of aromatic nitrogens is 3. The van der Waals surface area contributed by atoms with Crippen molar-refractivity contribution in [1.29, 1.82) is 0 Å². The minimum Gasteiger partial charge on any atom is -0.370 e. The summed E-state index contributed by atoms with van der Waals surface area (Å²) in [4.78, 5) is 24.0. The zero-order valence-corrected chi connectivity index (χ0v) is 30.8. The number of unbranched alkanes of at least 4 members (excludes halogenated alkanes) is 1. The maximum atomic E-state index is 12.6. The summed E-state index contributed by atoms with van der Waals surface area (Å²) in [5, 5.41) is 4.36. The molecule has 1 atom stereocenters. The number of hydrogen-bond donors (Lipinski definition) is 5. The molecule has 2 heterocycles. The summed E-state index contributed by atoms with van der Waals surface area (Å²) in [6.45, 7) is 22.1. The number of fused-ring (bicyclic) bond motifs is 1. The number of hydrogen-bond acceptors (Lipinski definition) is 5. The molecule has 0 aliphatic carbocycles. The first-order chi connectivity index (χ1) is 22.5.